The Hall–Kier alpha value is -3.20. The third-order valence-corrected chi connectivity index (χ3v) is 5.84. The molecule has 9 heteroatoms. The van der Waals surface area contributed by atoms with Crippen molar-refractivity contribution in [3.05, 3.63) is 65.3 Å². The lowest BCUT2D eigenvalue weighted by Gasteiger charge is -2.16. The average Bonchev–Trinajstić information content (AvgIpc) is 3.37. The summed E-state index contributed by atoms with van der Waals surface area (Å²) in [7, 11) is 0. The van der Waals surface area contributed by atoms with Crippen LogP contribution in [0.5, 0.6) is 0 Å². The lowest BCUT2D eigenvalue weighted by Crippen LogP contribution is -2.24. The molecule has 0 radical (unpaired) electrons. The number of anilines is 2. The van der Waals surface area contributed by atoms with Crippen LogP contribution in [-0.2, 0) is 9.59 Å². The van der Waals surface area contributed by atoms with Crippen molar-refractivity contribution in [3.8, 4) is 0 Å². The van der Waals surface area contributed by atoms with Gasteiger partial charge in [0.15, 0.2) is 0 Å². The van der Waals surface area contributed by atoms with E-state index in [1.165, 1.54) is 6.07 Å². The van der Waals surface area contributed by atoms with Crippen LogP contribution >= 0.6 is 11.8 Å². The number of aromatic nitrogens is 2. The summed E-state index contributed by atoms with van der Waals surface area (Å²) in [6.07, 6.45) is 0.291. The highest BCUT2D eigenvalue weighted by atomic mass is 32.2. The van der Waals surface area contributed by atoms with Crippen molar-refractivity contribution in [2.24, 2.45) is 0 Å². The Morgan fingerprint density at radius 3 is 2.74 bits per heavy atom. The molecule has 7 nitrogen and oxygen atoms in total. The molecule has 0 aliphatic carbocycles. The van der Waals surface area contributed by atoms with Gasteiger partial charge in [-0.3, -0.25) is 9.59 Å². The van der Waals surface area contributed by atoms with Crippen LogP contribution in [0, 0.1) is 19.7 Å². The Bertz CT molecular complexity index is 1120. The maximum atomic E-state index is 13.6. The predicted molar refractivity (Wildman–Crippen MR) is 116 cm³/mol. The van der Waals surface area contributed by atoms with Gasteiger partial charge in [-0.2, -0.15) is 0 Å². The highest BCUT2D eigenvalue weighted by Crippen LogP contribution is 2.32. The normalized spacial score (nSPS) is 16.0. The number of nitrogens with one attached hydrogen (secondary N) is 1. The molecule has 0 bridgehead atoms. The van der Waals surface area contributed by atoms with Crippen LogP contribution in [0.3, 0.4) is 0 Å². The first-order valence-electron chi connectivity index (χ1n) is 9.78. The number of halogens is 1. The minimum atomic E-state index is -0.377. The van der Waals surface area contributed by atoms with Crippen molar-refractivity contribution < 1.29 is 18.4 Å². The SMILES string of the molecule is Cc1ccc(N2C[C@@H](c3nnc(SCC(=O)Nc4ccc(C)c(F)c4)o3)CC2=O)cc1. The second-order valence-electron chi connectivity index (χ2n) is 7.45. The number of hydrogen-bond acceptors (Lipinski definition) is 6. The third-order valence-electron chi connectivity index (χ3n) is 5.02. The van der Waals surface area contributed by atoms with Gasteiger partial charge in [-0.1, -0.05) is 35.5 Å². The first-order chi connectivity index (χ1) is 14.9. The molecule has 160 valence electrons. The van der Waals surface area contributed by atoms with Crippen LogP contribution in [-0.4, -0.2) is 34.3 Å². The van der Waals surface area contributed by atoms with Crippen molar-refractivity contribution in [1.82, 2.24) is 10.2 Å². The Balaban J connectivity index is 1.33. The van der Waals surface area contributed by atoms with E-state index in [-0.39, 0.29) is 34.5 Å². The quantitative estimate of drug-likeness (QED) is 0.581. The smallest absolute Gasteiger partial charge is 0.277 e. The van der Waals surface area contributed by atoms with Gasteiger partial charge in [0.2, 0.25) is 17.7 Å². The van der Waals surface area contributed by atoms with Crippen LogP contribution in [0.15, 0.2) is 52.1 Å². The van der Waals surface area contributed by atoms with Crippen molar-refractivity contribution in [2.45, 2.75) is 31.4 Å². The molecule has 1 fully saturated rings. The van der Waals surface area contributed by atoms with Crippen LogP contribution < -0.4 is 10.2 Å². The summed E-state index contributed by atoms with van der Waals surface area (Å²) in [4.78, 5) is 26.3. The molecule has 2 heterocycles. The van der Waals surface area contributed by atoms with Gasteiger partial charge in [-0.15, -0.1) is 10.2 Å². The molecule has 31 heavy (non-hydrogen) atoms. The molecule has 0 spiro atoms. The molecular formula is C22H21FN4O3S. The number of rotatable bonds is 6. The number of aryl methyl sites for hydroxylation is 2. The van der Waals surface area contributed by atoms with Crippen molar-refractivity contribution in [3.63, 3.8) is 0 Å². The fraction of sp³-hybridized carbons (Fsp3) is 0.273. The van der Waals surface area contributed by atoms with Gasteiger partial charge in [0.25, 0.3) is 5.22 Å². The largest absolute Gasteiger partial charge is 0.416 e. The minimum Gasteiger partial charge on any atom is -0.416 e. The molecular weight excluding hydrogens is 419 g/mol. The van der Waals surface area contributed by atoms with Gasteiger partial charge in [0.05, 0.1) is 11.7 Å². The zero-order valence-electron chi connectivity index (χ0n) is 17.1. The fourth-order valence-corrected chi connectivity index (χ4v) is 3.86. The Labute approximate surface area is 183 Å². The van der Waals surface area contributed by atoms with E-state index < -0.39 is 0 Å². The topological polar surface area (TPSA) is 88.3 Å². The summed E-state index contributed by atoms with van der Waals surface area (Å²) in [6.45, 7) is 4.12. The second kappa shape index (κ2) is 8.89. The number of carbonyl (C=O) groups excluding carboxylic acids is 2. The highest BCUT2D eigenvalue weighted by molar-refractivity contribution is 7.99. The van der Waals surface area contributed by atoms with E-state index in [0.717, 1.165) is 23.0 Å². The summed E-state index contributed by atoms with van der Waals surface area (Å²) >= 11 is 1.09. The van der Waals surface area contributed by atoms with Crippen LogP contribution in [0.1, 0.15) is 29.4 Å². The molecule has 0 unspecified atom stereocenters. The molecule has 1 atom stereocenters. The Morgan fingerprint density at radius 1 is 1.23 bits per heavy atom. The van der Waals surface area contributed by atoms with Gasteiger partial charge in [0, 0.05) is 24.3 Å². The van der Waals surface area contributed by atoms with Gasteiger partial charge in [-0.05, 0) is 43.7 Å². The molecule has 1 saturated heterocycles. The maximum Gasteiger partial charge on any atom is 0.277 e. The number of nitrogens with zero attached hydrogens (tertiary/aromatic N) is 3. The van der Waals surface area contributed by atoms with Gasteiger partial charge >= 0.3 is 0 Å². The van der Waals surface area contributed by atoms with Gasteiger partial charge in [-0.25, -0.2) is 4.39 Å². The first kappa shape index (κ1) is 21.0. The first-order valence-corrected chi connectivity index (χ1v) is 10.8. The summed E-state index contributed by atoms with van der Waals surface area (Å²) in [6, 6.07) is 12.3. The monoisotopic (exact) mass is 440 g/mol. The summed E-state index contributed by atoms with van der Waals surface area (Å²) < 4.78 is 19.3. The summed E-state index contributed by atoms with van der Waals surface area (Å²) in [5, 5.41) is 10.9. The van der Waals surface area contributed by atoms with Crippen molar-refractivity contribution in [2.75, 3.05) is 22.5 Å². The van der Waals surface area contributed by atoms with E-state index in [9.17, 15) is 14.0 Å². The number of thioether (sulfide) groups is 1. The Morgan fingerprint density at radius 2 is 2.00 bits per heavy atom. The van der Waals surface area contributed by atoms with Crippen LogP contribution in [0.4, 0.5) is 15.8 Å². The highest BCUT2D eigenvalue weighted by Gasteiger charge is 2.35. The zero-order chi connectivity index (χ0) is 22.0. The molecule has 1 N–H and O–H groups in total. The zero-order valence-corrected chi connectivity index (χ0v) is 17.9. The van der Waals surface area contributed by atoms with E-state index >= 15 is 0 Å². The second-order valence-corrected chi connectivity index (χ2v) is 8.37. The number of amides is 2. The molecule has 4 rings (SSSR count). The van der Waals surface area contributed by atoms with E-state index in [2.05, 4.69) is 15.5 Å². The lowest BCUT2D eigenvalue weighted by atomic mass is 10.1. The average molecular weight is 441 g/mol. The van der Waals surface area contributed by atoms with Gasteiger partial charge < -0.3 is 14.6 Å². The van der Waals surface area contributed by atoms with Crippen molar-refractivity contribution in [1.29, 1.82) is 0 Å². The molecule has 1 aromatic heterocycles. The maximum absolute atomic E-state index is 13.6. The van der Waals surface area contributed by atoms with E-state index in [0.29, 0.717) is 30.1 Å². The number of hydrogen-bond donors (Lipinski definition) is 1. The summed E-state index contributed by atoms with van der Waals surface area (Å²) in [5.41, 5.74) is 2.87. The van der Waals surface area contributed by atoms with E-state index in [1.807, 2.05) is 31.2 Å². The van der Waals surface area contributed by atoms with Crippen LogP contribution in [0.25, 0.3) is 0 Å². The molecule has 1 aliphatic rings. The molecule has 2 amide bonds. The van der Waals surface area contributed by atoms with E-state index in [1.54, 1.807) is 24.0 Å². The lowest BCUT2D eigenvalue weighted by molar-refractivity contribution is -0.117. The standard InChI is InChI=1S/C22H21FN4O3S/c1-13-3-7-17(8-4-13)27-11-15(9-20(27)29)21-25-26-22(30-21)31-12-19(28)24-16-6-5-14(2)18(23)10-16/h3-8,10,15H,9,11-12H2,1-2H3,(H,24,28)/t15-/m0/s1. The molecule has 2 aromatic carbocycles. The van der Waals surface area contributed by atoms with E-state index in [4.69, 9.17) is 4.42 Å². The molecule has 1 aliphatic heterocycles. The number of benzene rings is 2. The predicted octanol–water partition coefficient (Wildman–Crippen LogP) is 4.08. The third kappa shape index (κ3) is 4.93. The van der Waals surface area contributed by atoms with Gasteiger partial charge in [0.1, 0.15) is 5.82 Å². The Kier molecular flexibility index (Phi) is 6.03. The fourth-order valence-electron chi connectivity index (χ4n) is 3.29. The minimum absolute atomic E-state index is 0.00552. The van der Waals surface area contributed by atoms with Crippen molar-refractivity contribution >= 4 is 35.0 Å². The molecule has 3 aromatic rings. The van der Waals surface area contributed by atoms with Crippen LogP contribution in [0.2, 0.25) is 0 Å². The summed E-state index contributed by atoms with van der Waals surface area (Å²) in [5.74, 6) is -0.458. The molecule has 0 saturated carbocycles. The number of carbonyl (C=O) groups is 2.